The summed E-state index contributed by atoms with van der Waals surface area (Å²) in [6.07, 6.45) is 3.50. The highest BCUT2D eigenvalue weighted by Crippen LogP contribution is 2.24. The van der Waals surface area contributed by atoms with Crippen LogP contribution < -0.4 is 10.7 Å². The zero-order chi connectivity index (χ0) is 15.5. The van der Waals surface area contributed by atoms with Gasteiger partial charge in [0.1, 0.15) is 5.58 Å². The molecule has 1 aromatic heterocycles. The Hall–Kier alpha value is -2.14. The molecule has 22 heavy (non-hydrogen) atoms. The molecule has 1 saturated carbocycles. The first-order valence-corrected chi connectivity index (χ1v) is 7.62. The first kappa shape index (κ1) is 14.8. The number of nitrogens with one attached hydrogen (secondary N) is 1. The van der Waals surface area contributed by atoms with Crippen molar-refractivity contribution in [1.82, 2.24) is 5.32 Å². The summed E-state index contributed by atoms with van der Waals surface area (Å²) < 4.78 is 5.54. The molecule has 0 saturated heterocycles. The highest BCUT2D eigenvalue weighted by Gasteiger charge is 2.23. The van der Waals surface area contributed by atoms with E-state index in [-0.39, 0.29) is 29.7 Å². The number of amides is 1. The van der Waals surface area contributed by atoms with Crippen molar-refractivity contribution in [2.45, 2.75) is 31.7 Å². The Bertz CT molecular complexity index is 729. The predicted octanol–water partition coefficient (Wildman–Crippen LogP) is 2.07. The molecular weight excluding hydrogens is 282 g/mol. The van der Waals surface area contributed by atoms with Crippen LogP contribution in [0.15, 0.2) is 39.5 Å². The van der Waals surface area contributed by atoms with Crippen LogP contribution in [0.4, 0.5) is 0 Å². The molecule has 2 aromatic rings. The summed E-state index contributed by atoms with van der Waals surface area (Å²) in [5, 5.41) is 12.5. The normalized spacial score (nSPS) is 21.7. The molecule has 5 heteroatoms. The van der Waals surface area contributed by atoms with Crippen LogP contribution in [0.1, 0.15) is 36.2 Å². The van der Waals surface area contributed by atoms with Gasteiger partial charge in [0.2, 0.25) is 0 Å². The van der Waals surface area contributed by atoms with Gasteiger partial charge < -0.3 is 14.8 Å². The van der Waals surface area contributed by atoms with Crippen LogP contribution in [-0.4, -0.2) is 23.7 Å². The molecule has 116 valence electrons. The second-order valence-electron chi connectivity index (χ2n) is 5.84. The largest absolute Gasteiger partial charge is 0.451 e. The molecule has 5 nitrogen and oxygen atoms in total. The molecule has 1 fully saturated rings. The van der Waals surface area contributed by atoms with Gasteiger partial charge in [0.15, 0.2) is 11.2 Å². The van der Waals surface area contributed by atoms with Gasteiger partial charge in [0.25, 0.3) is 5.91 Å². The van der Waals surface area contributed by atoms with Crippen molar-refractivity contribution in [3.8, 4) is 0 Å². The molecule has 0 radical (unpaired) electrons. The molecule has 2 N–H and O–H groups in total. The molecule has 1 aliphatic carbocycles. The van der Waals surface area contributed by atoms with E-state index in [1.54, 1.807) is 24.3 Å². The molecule has 0 spiro atoms. The summed E-state index contributed by atoms with van der Waals surface area (Å²) in [6.45, 7) is 0.209. The Morgan fingerprint density at radius 3 is 2.68 bits per heavy atom. The number of aliphatic hydroxyl groups is 1. The van der Waals surface area contributed by atoms with Gasteiger partial charge in [-0.3, -0.25) is 9.59 Å². The topological polar surface area (TPSA) is 79.5 Å². The van der Waals surface area contributed by atoms with E-state index >= 15 is 0 Å². The quantitative estimate of drug-likeness (QED) is 0.909. The molecule has 1 aliphatic rings. The lowest BCUT2D eigenvalue weighted by Crippen LogP contribution is -2.38. The molecule has 0 aliphatic heterocycles. The zero-order valence-electron chi connectivity index (χ0n) is 12.2. The predicted molar refractivity (Wildman–Crippen MR) is 82.8 cm³/mol. The van der Waals surface area contributed by atoms with Crippen molar-refractivity contribution in [1.29, 1.82) is 0 Å². The monoisotopic (exact) mass is 301 g/mol. The molecule has 3 rings (SSSR count). The number of rotatable bonds is 3. The number of aliphatic hydroxyl groups excluding tert-OH is 1. The number of hydrogen-bond donors (Lipinski definition) is 2. The van der Waals surface area contributed by atoms with Crippen LogP contribution in [0.5, 0.6) is 0 Å². The van der Waals surface area contributed by atoms with Gasteiger partial charge in [0, 0.05) is 18.7 Å². The van der Waals surface area contributed by atoms with Gasteiger partial charge in [-0.15, -0.1) is 0 Å². The summed E-state index contributed by atoms with van der Waals surface area (Å²) in [4.78, 5) is 24.3. The minimum atomic E-state index is -0.352. The van der Waals surface area contributed by atoms with Crippen molar-refractivity contribution in [3.05, 3.63) is 46.3 Å². The van der Waals surface area contributed by atoms with E-state index in [0.717, 1.165) is 25.7 Å². The van der Waals surface area contributed by atoms with Crippen molar-refractivity contribution in [2.75, 3.05) is 6.61 Å². The van der Waals surface area contributed by atoms with Crippen LogP contribution >= 0.6 is 0 Å². The molecule has 0 unspecified atom stereocenters. The number of hydrogen-bond acceptors (Lipinski definition) is 4. The van der Waals surface area contributed by atoms with Crippen molar-refractivity contribution in [3.63, 3.8) is 0 Å². The zero-order valence-corrected chi connectivity index (χ0v) is 12.2. The van der Waals surface area contributed by atoms with Crippen LogP contribution in [-0.2, 0) is 0 Å². The van der Waals surface area contributed by atoms with Crippen LogP contribution in [0.3, 0.4) is 0 Å². The van der Waals surface area contributed by atoms with Gasteiger partial charge >= 0.3 is 0 Å². The Labute approximate surface area is 127 Å². The van der Waals surface area contributed by atoms with E-state index in [9.17, 15) is 9.59 Å². The van der Waals surface area contributed by atoms with Crippen molar-refractivity contribution < 1.29 is 14.3 Å². The number of fused-ring (bicyclic) bond motifs is 1. The van der Waals surface area contributed by atoms with E-state index in [1.165, 1.54) is 6.07 Å². The lowest BCUT2D eigenvalue weighted by Gasteiger charge is -2.27. The standard InChI is InChI=1S/C17H19NO4/c19-10-11-5-7-12(8-6-11)18-17(21)16-9-14(20)13-3-1-2-4-15(13)22-16/h1-4,9,11-12,19H,5-8,10H2,(H,18,21). The average molecular weight is 301 g/mol. The molecular formula is C17H19NO4. The van der Waals surface area contributed by atoms with Crippen LogP contribution in [0, 0.1) is 5.92 Å². The maximum absolute atomic E-state index is 12.3. The number of para-hydroxylation sites is 1. The highest BCUT2D eigenvalue weighted by atomic mass is 16.3. The molecule has 0 bridgehead atoms. The lowest BCUT2D eigenvalue weighted by atomic mass is 9.86. The third-order valence-corrected chi connectivity index (χ3v) is 4.30. The SMILES string of the molecule is O=C(NC1CCC(CO)CC1)c1cc(=O)c2ccccc2o1. The third-order valence-electron chi connectivity index (χ3n) is 4.30. The summed E-state index contributed by atoms with van der Waals surface area (Å²) in [6, 6.07) is 8.21. The van der Waals surface area contributed by atoms with Crippen molar-refractivity contribution in [2.24, 2.45) is 5.92 Å². The second-order valence-corrected chi connectivity index (χ2v) is 5.84. The summed E-state index contributed by atoms with van der Waals surface area (Å²) in [5.74, 6) is 0.0371. The van der Waals surface area contributed by atoms with E-state index in [1.807, 2.05) is 0 Å². The fraction of sp³-hybridized carbons (Fsp3) is 0.412. The summed E-state index contributed by atoms with van der Waals surface area (Å²) in [7, 11) is 0. The first-order chi connectivity index (χ1) is 10.7. The minimum Gasteiger partial charge on any atom is -0.451 e. The molecule has 1 aromatic carbocycles. The first-order valence-electron chi connectivity index (χ1n) is 7.62. The Kier molecular flexibility index (Phi) is 4.24. The van der Waals surface area contributed by atoms with Gasteiger partial charge in [-0.1, -0.05) is 12.1 Å². The number of benzene rings is 1. The highest BCUT2D eigenvalue weighted by molar-refractivity contribution is 5.93. The second kappa shape index (κ2) is 6.32. The maximum Gasteiger partial charge on any atom is 0.287 e. The third kappa shape index (κ3) is 3.04. The summed E-state index contributed by atoms with van der Waals surface area (Å²) in [5.41, 5.74) is 0.208. The maximum atomic E-state index is 12.3. The van der Waals surface area contributed by atoms with Gasteiger partial charge in [0.05, 0.1) is 5.39 Å². The smallest absolute Gasteiger partial charge is 0.287 e. The molecule has 0 atom stereocenters. The Balaban J connectivity index is 1.74. The Morgan fingerprint density at radius 1 is 1.23 bits per heavy atom. The van der Waals surface area contributed by atoms with Crippen LogP contribution in [0.2, 0.25) is 0 Å². The van der Waals surface area contributed by atoms with Gasteiger partial charge in [-0.05, 0) is 43.7 Å². The number of carbonyl (C=O) groups excluding carboxylic acids is 1. The van der Waals surface area contributed by atoms with E-state index in [4.69, 9.17) is 9.52 Å². The average Bonchev–Trinajstić information content (AvgIpc) is 2.55. The van der Waals surface area contributed by atoms with Gasteiger partial charge in [-0.25, -0.2) is 0 Å². The lowest BCUT2D eigenvalue weighted by molar-refractivity contribution is 0.0886. The van der Waals surface area contributed by atoms with Crippen LogP contribution in [0.25, 0.3) is 11.0 Å². The fourth-order valence-electron chi connectivity index (χ4n) is 2.96. The fourth-order valence-corrected chi connectivity index (χ4v) is 2.96. The van der Waals surface area contributed by atoms with E-state index in [2.05, 4.69) is 5.32 Å². The Morgan fingerprint density at radius 2 is 1.95 bits per heavy atom. The molecule has 1 amide bonds. The molecule has 1 heterocycles. The van der Waals surface area contributed by atoms with E-state index in [0.29, 0.717) is 16.9 Å². The summed E-state index contributed by atoms with van der Waals surface area (Å²) >= 11 is 0. The van der Waals surface area contributed by atoms with Crippen molar-refractivity contribution >= 4 is 16.9 Å². The number of carbonyl (C=O) groups is 1. The van der Waals surface area contributed by atoms with Gasteiger partial charge in [-0.2, -0.15) is 0 Å². The minimum absolute atomic E-state index is 0.0491. The van der Waals surface area contributed by atoms with E-state index < -0.39 is 0 Å².